The van der Waals surface area contributed by atoms with Crippen molar-refractivity contribution in [3.05, 3.63) is 12.2 Å². The Kier molecular flexibility index (Phi) is 5.28. The third-order valence-electron chi connectivity index (χ3n) is 1.82. The second-order valence-electron chi connectivity index (χ2n) is 2.82. The second kappa shape index (κ2) is 6.26. The summed E-state index contributed by atoms with van der Waals surface area (Å²) in [5, 5.41) is 0. The number of hydrogen-bond acceptors (Lipinski definition) is 5. The lowest BCUT2D eigenvalue weighted by atomic mass is 10.1. The number of allylic oxidation sites excluding steroid dienone is 1. The maximum absolute atomic E-state index is 10.8. The first kappa shape index (κ1) is 11.8. The van der Waals surface area contributed by atoms with Crippen molar-refractivity contribution in [1.82, 2.24) is 0 Å². The summed E-state index contributed by atoms with van der Waals surface area (Å²) in [7, 11) is 0. The molecule has 1 fully saturated rings. The van der Waals surface area contributed by atoms with E-state index in [9.17, 15) is 4.21 Å². The molecule has 6 heteroatoms. The van der Waals surface area contributed by atoms with Gasteiger partial charge in [-0.3, -0.25) is 0 Å². The van der Waals surface area contributed by atoms with Crippen molar-refractivity contribution >= 4 is 11.4 Å². The van der Waals surface area contributed by atoms with Gasteiger partial charge in [0.15, 0.2) is 6.79 Å². The summed E-state index contributed by atoms with van der Waals surface area (Å²) in [6.45, 7) is 3.70. The maximum Gasteiger partial charge on any atom is 0.336 e. The molecule has 1 rings (SSSR count). The van der Waals surface area contributed by atoms with E-state index in [1.165, 1.54) is 0 Å². The Morgan fingerprint density at radius 1 is 1.57 bits per heavy atom. The minimum atomic E-state index is -1.88. The average Bonchev–Trinajstić information content (AvgIpc) is 2.15. The molecule has 0 aliphatic carbocycles. The fourth-order valence-electron chi connectivity index (χ4n) is 0.963. The van der Waals surface area contributed by atoms with Crippen LogP contribution in [0.15, 0.2) is 12.2 Å². The van der Waals surface area contributed by atoms with Crippen LogP contribution in [0.2, 0.25) is 0 Å². The van der Waals surface area contributed by atoms with E-state index in [-0.39, 0.29) is 19.0 Å². The molecule has 14 heavy (non-hydrogen) atoms. The molecule has 1 aliphatic heterocycles. The zero-order chi connectivity index (χ0) is 10.4. The fraction of sp³-hybridized carbons (Fsp3) is 0.750. The summed E-state index contributed by atoms with van der Waals surface area (Å²) in [5.74, 6) is 0. The zero-order valence-corrected chi connectivity index (χ0v) is 8.99. The topological polar surface area (TPSA) is 54.0 Å². The molecule has 3 atom stereocenters. The summed E-state index contributed by atoms with van der Waals surface area (Å²) in [5.41, 5.74) is 0. The highest BCUT2D eigenvalue weighted by atomic mass is 32.2. The van der Waals surface area contributed by atoms with E-state index in [2.05, 4.69) is 8.52 Å². The molecule has 82 valence electrons. The Bertz CT molecular complexity index is 218. The predicted molar refractivity (Wildman–Crippen MR) is 50.0 cm³/mol. The molecule has 3 unspecified atom stereocenters. The maximum atomic E-state index is 10.8. The molecule has 0 spiro atoms. The highest BCUT2D eigenvalue weighted by Crippen LogP contribution is 2.13. The van der Waals surface area contributed by atoms with Crippen molar-refractivity contribution in [3.8, 4) is 0 Å². The van der Waals surface area contributed by atoms with Gasteiger partial charge >= 0.3 is 11.4 Å². The quantitative estimate of drug-likeness (QED) is 0.519. The molecule has 0 saturated carbocycles. The van der Waals surface area contributed by atoms with Gasteiger partial charge in [0.05, 0.1) is 6.10 Å². The van der Waals surface area contributed by atoms with Crippen LogP contribution >= 0.6 is 0 Å². The van der Waals surface area contributed by atoms with Crippen LogP contribution in [-0.2, 0) is 29.5 Å². The van der Waals surface area contributed by atoms with E-state index < -0.39 is 11.4 Å². The Balaban J connectivity index is 2.47. The van der Waals surface area contributed by atoms with Gasteiger partial charge in [-0.15, -0.1) is 4.33 Å². The fourth-order valence-corrected chi connectivity index (χ4v) is 1.30. The van der Waals surface area contributed by atoms with Crippen molar-refractivity contribution in [2.45, 2.75) is 32.5 Å². The van der Waals surface area contributed by atoms with Crippen LogP contribution in [0.25, 0.3) is 0 Å². The summed E-state index contributed by atoms with van der Waals surface area (Å²) in [6, 6.07) is 0. The minimum absolute atomic E-state index is 0.0521. The SMILES string of the molecule is CC=CCC1OOS(=O)OCOC1C. The van der Waals surface area contributed by atoms with E-state index in [0.717, 1.165) is 0 Å². The van der Waals surface area contributed by atoms with Crippen molar-refractivity contribution in [3.63, 3.8) is 0 Å². The molecule has 5 nitrogen and oxygen atoms in total. The average molecular weight is 222 g/mol. The number of hydrogen-bond donors (Lipinski definition) is 0. The minimum Gasteiger partial charge on any atom is -0.348 e. The van der Waals surface area contributed by atoms with E-state index in [4.69, 9.17) is 9.62 Å². The highest BCUT2D eigenvalue weighted by molar-refractivity contribution is 7.75. The van der Waals surface area contributed by atoms with Crippen molar-refractivity contribution in [2.24, 2.45) is 0 Å². The summed E-state index contributed by atoms with van der Waals surface area (Å²) < 4.78 is 25.1. The first-order valence-corrected chi connectivity index (χ1v) is 5.35. The Morgan fingerprint density at radius 2 is 2.36 bits per heavy atom. The molecular formula is C8H14O5S. The van der Waals surface area contributed by atoms with E-state index >= 15 is 0 Å². The largest absolute Gasteiger partial charge is 0.348 e. The van der Waals surface area contributed by atoms with Gasteiger partial charge in [0, 0.05) is 0 Å². The van der Waals surface area contributed by atoms with Crippen LogP contribution in [0.5, 0.6) is 0 Å². The normalized spacial score (nSPS) is 35.4. The molecule has 0 aromatic carbocycles. The third-order valence-corrected chi connectivity index (χ3v) is 2.30. The lowest BCUT2D eigenvalue weighted by Gasteiger charge is -2.23. The smallest absolute Gasteiger partial charge is 0.336 e. The lowest BCUT2D eigenvalue weighted by Crippen LogP contribution is -2.32. The molecule has 0 N–H and O–H groups in total. The van der Waals surface area contributed by atoms with Gasteiger partial charge in [-0.05, 0) is 20.3 Å². The van der Waals surface area contributed by atoms with E-state index in [1.54, 1.807) is 0 Å². The molecule has 0 bridgehead atoms. The second-order valence-corrected chi connectivity index (χ2v) is 3.60. The predicted octanol–water partition coefficient (Wildman–Crippen LogP) is 1.24. The lowest BCUT2D eigenvalue weighted by molar-refractivity contribution is -0.282. The van der Waals surface area contributed by atoms with Crippen LogP contribution in [-0.4, -0.2) is 23.2 Å². The zero-order valence-electron chi connectivity index (χ0n) is 8.17. The Hall–Kier alpha value is -0.270. The highest BCUT2D eigenvalue weighted by Gasteiger charge is 2.23. The van der Waals surface area contributed by atoms with Crippen LogP contribution in [0, 0.1) is 0 Å². The van der Waals surface area contributed by atoms with Gasteiger partial charge in [-0.25, -0.2) is 9.07 Å². The van der Waals surface area contributed by atoms with Gasteiger partial charge in [-0.2, -0.15) is 4.21 Å². The van der Waals surface area contributed by atoms with Crippen LogP contribution in [0.3, 0.4) is 0 Å². The Labute approximate surface area is 85.8 Å². The van der Waals surface area contributed by atoms with Gasteiger partial charge in [0.1, 0.15) is 6.10 Å². The molecule has 0 amide bonds. The monoisotopic (exact) mass is 222 g/mol. The standard InChI is InChI=1S/C8H14O5S/c1-3-4-5-8-7(2)10-6-11-14(9)13-12-8/h3-4,7-8H,5-6H2,1-2H3. The number of ether oxygens (including phenoxy) is 1. The van der Waals surface area contributed by atoms with Gasteiger partial charge < -0.3 is 4.74 Å². The Morgan fingerprint density at radius 3 is 3.07 bits per heavy atom. The summed E-state index contributed by atoms with van der Waals surface area (Å²) in [4.78, 5) is 4.91. The summed E-state index contributed by atoms with van der Waals surface area (Å²) >= 11 is -1.88. The van der Waals surface area contributed by atoms with E-state index in [0.29, 0.717) is 6.42 Å². The first-order chi connectivity index (χ1) is 6.74. The van der Waals surface area contributed by atoms with Crippen LogP contribution in [0.1, 0.15) is 20.3 Å². The van der Waals surface area contributed by atoms with Crippen LogP contribution in [0.4, 0.5) is 0 Å². The first-order valence-electron chi connectivity index (χ1n) is 4.35. The van der Waals surface area contributed by atoms with Crippen molar-refractivity contribution < 1.29 is 22.4 Å². The van der Waals surface area contributed by atoms with Gasteiger partial charge in [0.25, 0.3) is 0 Å². The molecule has 1 heterocycles. The van der Waals surface area contributed by atoms with E-state index in [1.807, 2.05) is 26.0 Å². The van der Waals surface area contributed by atoms with Gasteiger partial charge in [-0.1, -0.05) is 12.2 Å². The van der Waals surface area contributed by atoms with Gasteiger partial charge in [0.2, 0.25) is 0 Å². The molecular weight excluding hydrogens is 208 g/mol. The van der Waals surface area contributed by atoms with Crippen LogP contribution < -0.4 is 0 Å². The van der Waals surface area contributed by atoms with Crippen molar-refractivity contribution in [2.75, 3.05) is 6.79 Å². The molecule has 1 saturated heterocycles. The summed E-state index contributed by atoms with van der Waals surface area (Å²) in [6.07, 6.45) is 4.05. The molecule has 0 aromatic heterocycles. The molecule has 0 aromatic rings. The molecule has 1 aliphatic rings. The third kappa shape index (κ3) is 3.85. The molecule has 0 radical (unpaired) electrons. The van der Waals surface area contributed by atoms with Crippen molar-refractivity contribution in [1.29, 1.82) is 0 Å². The number of rotatable bonds is 2.